The van der Waals surface area contributed by atoms with E-state index in [-0.39, 0.29) is 0 Å². The highest BCUT2D eigenvalue weighted by Gasteiger charge is 2.09. The Morgan fingerprint density at radius 1 is 0.962 bits per heavy atom. The molecule has 0 saturated heterocycles. The van der Waals surface area contributed by atoms with Gasteiger partial charge in [-0.2, -0.15) is 5.10 Å². The quantitative estimate of drug-likeness (QED) is 0.521. The number of anilines is 1. The monoisotopic (exact) mass is 340 g/mol. The molecule has 6 nitrogen and oxygen atoms in total. The van der Waals surface area contributed by atoms with Crippen LogP contribution in [0.15, 0.2) is 73.1 Å². The van der Waals surface area contributed by atoms with Crippen LogP contribution in [0.4, 0.5) is 5.82 Å². The summed E-state index contributed by atoms with van der Waals surface area (Å²) in [4.78, 5) is 4.47. The second-order valence-electron chi connectivity index (χ2n) is 6.14. The van der Waals surface area contributed by atoms with Crippen LogP contribution in [0.3, 0.4) is 0 Å². The first-order valence-electron chi connectivity index (χ1n) is 8.43. The third-order valence-electron chi connectivity index (χ3n) is 4.41. The van der Waals surface area contributed by atoms with E-state index in [0.29, 0.717) is 0 Å². The summed E-state index contributed by atoms with van der Waals surface area (Å²) in [6.07, 6.45) is 3.67. The maximum atomic E-state index is 4.71. The van der Waals surface area contributed by atoms with Gasteiger partial charge in [-0.3, -0.25) is 5.10 Å². The number of H-pyrrole nitrogens is 1. The molecule has 26 heavy (non-hydrogen) atoms. The van der Waals surface area contributed by atoms with Crippen molar-refractivity contribution in [2.45, 2.75) is 6.54 Å². The highest BCUT2D eigenvalue weighted by molar-refractivity contribution is 5.83. The van der Waals surface area contributed by atoms with Crippen molar-refractivity contribution in [1.29, 1.82) is 0 Å². The molecule has 0 unspecified atom stereocenters. The molecule has 0 fully saturated rings. The second-order valence-corrected chi connectivity index (χ2v) is 6.14. The van der Waals surface area contributed by atoms with Crippen molar-refractivity contribution >= 4 is 22.4 Å². The van der Waals surface area contributed by atoms with Crippen LogP contribution in [0.5, 0.6) is 0 Å². The Balaban J connectivity index is 1.50. The molecule has 0 aliphatic carbocycles. The van der Waals surface area contributed by atoms with E-state index in [9.17, 15) is 0 Å². The van der Waals surface area contributed by atoms with E-state index in [0.717, 1.165) is 40.2 Å². The largest absolute Gasteiger partial charge is 0.365 e. The van der Waals surface area contributed by atoms with Crippen molar-refractivity contribution in [2.75, 3.05) is 5.32 Å². The van der Waals surface area contributed by atoms with E-state index < -0.39 is 0 Å². The number of hydrogen-bond donors (Lipinski definition) is 2. The highest BCUT2D eigenvalue weighted by Crippen LogP contribution is 2.24. The number of aromatic nitrogens is 5. The van der Waals surface area contributed by atoms with Crippen LogP contribution in [0.1, 0.15) is 5.56 Å². The molecule has 3 aromatic heterocycles. The minimum atomic E-state index is 0.727. The lowest BCUT2D eigenvalue weighted by atomic mass is 10.1. The molecule has 3 heterocycles. The van der Waals surface area contributed by atoms with Gasteiger partial charge >= 0.3 is 0 Å². The van der Waals surface area contributed by atoms with E-state index in [1.807, 2.05) is 53.3 Å². The van der Waals surface area contributed by atoms with Gasteiger partial charge in [0.05, 0.1) is 23.6 Å². The molecule has 0 bridgehead atoms. The highest BCUT2D eigenvalue weighted by atomic mass is 15.3. The Bertz CT molecular complexity index is 1190. The zero-order valence-corrected chi connectivity index (χ0v) is 13.9. The number of imidazole rings is 1. The van der Waals surface area contributed by atoms with Gasteiger partial charge < -0.3 is 5.32 Å². The number of hydrogen-bond acceptors (Lipinski definition) is 4. The zero-order chi connectivity index (χ0) is 17.3. The fourth-order valence-corrected chi connectivity index (χ4v) is 3.05. The topological polar surface area (TPSA) is 70.9 Å². The molecule has 5 aromatic rings. The number of fused-ring (bicyclic) bond motifs is 2. The van der Waals surface area contributed by atoms with Gasteiger partial charge in [-0.1, -0.05) is 36.4 Å². The van der Waals surface area contributed by atoms with Crippen LogP contribution >= 0.6 is 0 Å². The minimum Gasteiger partial charge on any atom is -0.365 e. The molecule has 0 saturated carbocycles. The lowest BCUT2D eigenvalue weighted by Gasteiger charge is -2.07. The van der Waals surface area contributed by atoms with E-state index in [1.165, 1.54) is 5.56 Å². The summed E-state index contributed by atoms with van der Waals surface area (Å²) in [7, 11) is 0. The molecule has 0 spiro atoms. The van der Waals surface area contributed by atoms with Crippen LogP contribution in [0.25, 0.3) is 27.8 Å². The third-order valence-corrected chi connectivity index (χ3v) is 4.41. The number of rotatable bonds is 4. The molecular formula is C20H16N6. The first kappa shape index (κ1) is 14.7. The normalized spacial score (nSPS) is 11.2. The van der Waals surface area contributed by atoms with Crippen molar-refractivity contribution in [1.82, 2.24) is 24.8 Å². The Kier molecular flexibility index (Phi) is 3.38. The number of nitrogens with one attached hydrogen (secondary N) is 2. The lowest BCUT2D eigenvalue weighted by molar-refractivity contribution is 0.931. The average molecular weight is 340 g/mol. The van der Waals surface area contributed by atoms with Crippen molar-refractivity contribution in [2.24, 2.45) is 0 Å². The summed E-state index contributed by atoms with van der Waals surface area (Å²) < 4.78 is 1.87. The Hall–Kier alpha value is -3.67. The maximum Gasteiger partial charge on any atom is 0.154 e. The first-order chi connectivity index (χ1) is 12.9. The molecule has 0 atom stereocenters. The minimum absolute atomic E-state index is 0.727. The maximum absolute atomic E-state index is 4.71. The fourth-order valence-electron chi connectivity index (χ4n) is 3.05. The zero-order valence-electron chi connectivity index (χ0n) is 13.9. The summed E-state index contributed by atoms with van der Waals surface area (Å²) >= 11 is 0. The van der Waals surface area contributed by atoms with Gasteiger partial charge in [0.25, 0.3) is 0 Å². The first-order valence-corrected chi connectivity index (χ1v) is 8.43. The van der Waals surface area contributed by atoms with E-state index in [2.05, 4.69) is 44.8 Å². The fraction of sp³-hybridized carbons (Fsp3) is 0.0500. The Morgan fingerprint density at radius 3 is 2.81 bits per heavy atom. The van der Waals surface area contributed by atoms with Crippen LogP contribution in [0, 0.1) is 0 Å². The molecule has 0 aliphatic heterocycles. The summed E-state index contributed by atoms with van der Waals surface area (Å²) in [5, 5.41) is 16.2. The molecule has 5 rings (SSSR count). The van der Waals surface area contributed by atoms with Crippen LogP contribution in [0.2, 0.25) is 0 Å². The van der Waals surface area contributed by atoms with E-state index in [4.69, 9.17) is 5.10 Å². The summed E-state index contributed by atoms with van der Waals surface area (Å²) in [5.41, 5.74) is 5.05. The van der Waals surface area contributed by atoms with Gasteiger partial charge in [0.2, 0.25) is 0 Å². The Labute approximate surface area is 149 Å². The van der Waals surface area contributed by atoms with Crippen LogP contribution < -0.4 is 5.32 Å². The molecule has 0 radical (unpaired) electrons. The number of benzene rings is 2. The molecule has 0 aliphatic rings. The molecule has 0 amide bonds. The van der Waals surface area contributed by atoms with Gasteiger partial charge in [0.15, 0.2) is 5.65 Å². The molecular weight excluding hydrogens is 324 g/mol. The van der Waals surface area contributed by atoms with Gasteiger partial charge in [-0.15, -0.1) is 5.10 Å². The lowest BCUT2D eigenvalue weighted by Crippen LogP contribution is -2.04. The SMILES string of the molecule is c1ccc(CNc2ccc3ncc(-c4ccc5[nH]ncc5c4)n3n2)cc1. The van der Waals surface area contributed by atoms with Gasteiger partial charge in [-0.25, -0.2) is 9.50 Å². The summed E-state index contributed by atoms with van der Waals surface area (Å²) in [5.74, 6) is 0.810. The van der Waals surface area contributed by atoms with Crippen molar-refractivity contribution in [3.63, 3.8) is 0 Å². The van der Waals surface area contributed by atoms with Crippen LogP contribution in [-0.4, -0.2) is 24.8 Å². The number of aromatic amines is 1. The molecule has 2 aromatic carbocycles. The Morgan fingerprint density at radius 2 is 1.88 bits per heavy atom. The smallest absolute Gasteiger partial charge is 0.154 e. The van der Waals surface area contributed by atoms with Crippen LogP contribution in [-0.2, 0) is 6.54 Å². The predicted molar refractivity (Wildman–Crippen MR) is 102 cm³/mol. The van der Waals surface area contributed by atoms with Crippen molar-refractivity contribution in [3.8, 4) is 11.3 Å². The molecule has 6 heteroatoms. The second kappa shape index (κ2) is 6.00. The van der Waals surface area contributed by atoms with Crippen molar-refractivity contribution in [3.05, 3.63) is 78.6 Å². The summed E-state index contributed by atoms with van der Waals surface area (Å²) in [6.45, 7) is 0.727. The number of nitrogens with zero attached hydrogens (tertiary/aromatic N) is 4. The predicted octanol–water partition coefficient (Wildman–Crippen LogP) is 3.88. The standard InChI is InChI=1S/C20H16N6/c1-2-4-14(5-3-1)11-21-19-8-9-20-22-13-18(26(20)25-19)15-6-7-17-16(10-15)12-23-24-17/h1-10,12-13H,11H2,(H,21,25)(H,23,24). The van der Waals surface area contributed by atoms with Gasteiger partial charge in [0, 0.05) is 17.5 Å². The van der Waals surface area contributed by atoms with Gasteiger partial charge in [0.1, 0.15) is 5.82 Å². The van der Waals surface area contributed by atoms with E-state index in [1.54, 1.807) is 0 Å². The van der Waals surface area contributed by atoms with E-state index >= 15 is 0 Å². The summed E-state index contributed by atoms with van der Waals surface area (Å²) in [6, 6.07) is 20.4. The van der Waals surface area contributed by atoms with Crippen molar-refractivity contribution < 1.29 is 0 Å². The third kappa shape index (κ3) is 2.57. The molecule has 126 valence electrons. The average Bonchev–Trinajstić information content (AvgIpc) is 3.33. The van der Waals surface area contributed by atoms with Gasteiger partial charge in [-0.05, 0) is 29.8 Å². The molecule has 2 N–H and O–H groups in total.